The van der Waals surface area contributed by atoms with Crippen LogP contribution < -0.4 is 10.4 Å². The van der Waals surface area contributed by atoms with Crippen molar-refractivity contribution in [3.63, 3.8) is 0 Å². The van der Waals surface area contributed by atoms with Crippen molar-refractivity contribution in [1.29, 1.82) is 0 Å². The lowest BCUT2D eigenvalue weighted by Crippen LogP contribution is -2.55. The van der Waals surface area contributed by atoms with Crippen LogP contribution in [-0.2, 0) is 18.8 Å². The van der Waals surface area contributed by atoms with Gasteiger partial charge in [-0.3, -0.25) is 4.79 Å². The van der Waals surface area contributed by atoms with Gasteiger partial charge in [0.1, 0.15) is 6.61 Å². The van der Waals surface area contributed by atoms with Crippen molar-refractivity contribution in [1.82, 2.24) is 14.9 Å². The molecule has 2 aliphatic rings. The Hall–Kier alpha value is -1.71. The third-order valence-electron chi connectivity index (χ3n) is 6.04. The van der Waals surface area contributed by atoms with Crippen LogP contribution >= 0.6 is 0 Å². The number of ether oxygens (including phenoxy) is 1. The van der Waals surface area contributed by atoms with Crippen molar-refractivity contribution in [2.45, 2.75) is 78.2 Å². The van der Waals surface area contributed by atoms with Gasteiger partial charge in [0.15, 0.2) is 0 Å². The lowest BCUT2D eigenvalue weighted by Gasteiger charge is -2.40. The zero-order chi connectivity index (χ0) is 22.3. The van der Waals surface area contributed by atoms with E-state index in [1.54, 1.807) is 12.4 Å². The summed E-state index contributed by atoms with van der Waals surface area (Å²) in [7, 11) is -0.472. The molecule has 3 rings (SSSR count). The highest BCUT2D eigenvalue weighted by Gasteiger charge is 2.52. The largest absolute Gasteiger partial charge is 0.498 e. The first-order valence-electron chi connectivity index (χ1n) is 10.6. The average Bonchev–Trinajstić information content (AvgIpc) is 2.86. The molecule has 0 unspecified atom stereocenters. The van der Waals surface area contributed by atoms with Crippen LogP contribution in [0.4, 0.5) is 5.95 Å². The summed E-state index contributed by atoms with van der Waals surface area (Å²) in [5, 5.41) is 0. The molecule has 1 amide bonds. The number of hydrogen-bond donors (Lipinski definition) is 0. The van der Waals surface area contributed by atoms with Crippen LogP contribution in [0.2, 0.25) is 0 Å². The first-order valence-corrected chi connectivity index (χ1v) is 10.6. The number of carbonyl (C=O) groups is 1. The maximum atomic E-state index is 12.5. The van der Waals surface area contributed by atoms with Gasteiger partial charge >= 0.3 is 7.12 Å². The van der Waals surface area contributed by atoms with Crippen molar-refractivity contribution < 1.29 is 18.8 Å². The predicted molar refractivity (Wildman–Crippen MR) is 117 cm³/mol. The molecule has 30 heavy (non-hydrogen) atoms. The molecule has 1 aromatic heterocycles. The van der Waals surface area contributed by atoms with Gasteiger partial charge in [-0.25, -0.2) is 9.97 Å². The zero-order valence-electron chi connectivity index (χ0n) is 19.6. The molecule has 0 N–H and O–H groups in total. The molecule has 9 heteroatoms. The minimum atomic E-state index is -0.472. The Balaban J connectivity index is 1.59. The Bertz CT molecular complexity index is 747. The van der Waals surface area contributed by atoms with E-state index in [1.165, 1.54) is 0 Å². The maximum Gasteiger partial charge on any atom is 0.498 e. The summed E-state index contributed by atoms with van der Waals surface area (Å²) in [6, 6.07) is 0.0567. The molecule has 166 valence electrons. The van der Waals surface area contributed by atoms with Gasteiger partial charge in [0.25, 0.3) is 0 Å². The monoisotopic (exact) mass is 418 g/mol. The number of piperazine rings is 1. The van der Waals surface area contributed by atoms with Crippen LogP contribution in [0.3, 0.4) is 0 Å². The van der Waals surface area contributed by atoms with Gasteiger partial charge in [0, 0.05) is 43.5 Å². The van der Waals surface area contributed by atoms with E-state index in [9.17, 15) is 4.79 Å². The second-order valence-electron chi connectivity index (χ2n) is 10.2. The molecule has 0 aliphatic carbocycles. The molecule has 0 aromatic carbocycles. The van der Waals surface area contributed by atoms with Crippen LogP contribution in [0.5, 0.6) is 0 Å². The van der Waals surface area contributed by atoms with Crippen LogP contribution in [0.15, 0.2) is 12.4 Å². The number of amides is 1. The Labute approximate surface area is 180 Å². The quantitative estimate of drug-likeness (QED) is 0.688. The number of hydrogen-bond acceptors (Lipinski definition) is 7. The highest BCUT2D eigenvalue weighted by atomic mass is 16.7. The van der Waals surface area contributed by atoms with Gasteiger partial charge in [0.2, 0.25) is 11.9 Å². The summed E-state index contributed by atoms with van der Waals surface area (Å²) in [6.45, 7) is 18.1. The summed E-state index contributed by atoms with van der Waals surface area (Å²) < 4.78 is 17.8. The molecular formula is C21H35BN4O4. The minimum absolute atomic E-state index is 0.0223. The maximum absolute atomic E-state index is 12.5. The van der Waals surface area contributed by atoms with Gasteiger partial charge in [-0.15, -0.1) is 0 Å². The Morgan fingerprint density at radius 3 is 2.23 bits per heavy atom. The lowest BCUT2D eigenvalue weighted by atomic mass is 9.81. The number of aromatic nitrogens is 2. The van der Waals surface area contributed by atoms with Crippen LogP contribution in [-0.4, -0.2) is 77.0 Å². The molecule has 2 aliphatic heterocycles. The van der Waals surface area contributed by atoms with E-state index in [1.807, 2.05) is 60.3 Å². The fraction of sp³-hybridized carbons (Fsp3) is 0.762. The zero-order valence-corrected chi connectivity index (χ0v) is 19.6. The van der Waals surface area contributed by atoms with E-state index in [4.69, 9.17) is 14.0 Å². The molecule has 8 nitrogen and oxygen atoms in total. The lowest BCUT2D eigenvalue weighted by molar-refractivity contribution is -0.143. The molecule has 0 saturated carbocycles. The molecule has 2 saturated heterocycles. The Morgan fingerprint density at radius 2 is 1.73 bits per heavy atom. The molecule has 0 spiro atoms. The smallest absolute Gasteiger partial charge is 0.399 e. The van der Waals surface area contributed by atoms with Gasteiger partial charge in [-0.05, 0) is 55.4 Å². The van der Waals surface area contributed by atoms with Gasteiger partial charge in [-0.1, -0.05) is 0 Å². The van der Waals surface area contributed by atoms with Gasteiger partial charge in [-0.2, -0.15) is 0 Å². The Morgan fingerprint density at radius 1 is 1.17 bits per heavy atom. The van der Waals surface area contributed by atoms with E-state index in [-0.39, 0.29) is 24.2 Å². The van der Waals surface area contributed by atoms with Gasteiger partial charge in [0.05, 0.1) is 16.8 Å². The summed E-state index contributed by atoms with van der Waals surface area (Å²) in [5.74, 6) is 0.675. The molecule has 0 radical (unpaired) electrons. The summed E-state index contributed by atoms with van der Waals surface area (Å²) in [5.41, 5.74) is -0.317. The highest BCUT2D eigenvalue weighted by molar-refractivity contribution is 6.61. The molecule has 1 aromatic rings. The fourth-order valence-electron chi connectivity index (χ4n) is 3.47. The van der Waals surface area contributed by atoms with Gasteiger partial charge < -0.3 is 23.8 Å². The number of rotatable bonds is 4. The first kappa shape index (κ1) is 23.0. The van der Waals surface area contributed by atoms with Crippen molar-refractivity contribution in [2.24, 2.45) is 0 Å². The molecule has 2 fully saturated rings. The molecule has 1 atom stereocenters. The standard InChI is InChI=1S/C21H35BN4O4/c1-15-13-25(9-10-26(15)17(27)14-28-19(2,3)4)18-23-11-16(12-24-18)22-29-20(5,6)21(7,8)30-22/h11-12,15H,9-10,13-14H2,1-8H3/t15-/m1/s1. The van der Waals surface area contributed by atoms with Crippen LogP contribution in [0.1, 0.15) is 55.4 Å². The summed E-state index contributed by atoms with van der Waals surface area (Å²) in [4.78, 5) is 25.6. The average molecular weight is 418 g/mol. The molecule has 3 heterocycles. The highest BCUT2D eigenvalue weighted by Crippen LogP contribution is 2.36. The fourth-order valence-corrected chi connectivity index (χ4v) is 3.47. The molecular weight excluding hydrogens is 383 g/mol. The van der Waals surface area contributed by atoms with Crippen molar-refractivity contribution in [3.05, 3.63) is 12.4 Å². The Kier molecular flexibility index (Phi) is 6.19. The number of anilines is 1. The van der Waals surface area contributed by atoms with E-state index < -0.39 is 18.3 Å². The van der Waals surface area contributed by atoms with E-state index in [0.29, 0.717) is 25.6 Å². The van der Waals surface area contributed by atoms with Crippen molar-refractivity contribution >= 4 is 24.4 Å². The van der Waals surface area contributed by atoms with Crippen molar-refractivity contribution in [3.8, 4) is 0 Å². The third-order valence-corrected chi connectivity index (χ3v) is 6.04. The second kappa shape index (κ2) is 8.09. The van der Waals surface area contributed by atoms with Crippen LogP contribution in [0, 0.1) is 0 Å². The third kappa shape index (κ3) is 4.95. The van der Waals surface area contributed by atoms with E-state index in [0.717, 1.165) is 5.46 Å². The number of nitrogens with zero attached hydrogens (tertiary/aromatic N) is 4. The summed E-state index contributed by atoms with van der Waals surface area (Å²) in [6.07, 6.45) is 3.54. The summed E-state index contributed by atoms with van der Waals surface area (Å²) >= 11 is 0. The first-order chi connectivity index (χ1) is 13.8. The predicted octanol–water partition coefficient (Wildman–Crippen LogP) is 1.63. The van der Waals surface area contributed by atoms with E-state index in [2.05, 4.69) is 14.9 Å². The van der Waals surface area contributed by atoms with Crippen molar-refractivity contribution in [2.75, 3.05) is 31.1 Å². The minimum Gasteiger partial charge on any atom is -0.399 e. The SMILES string of the molecule is C[C@@H]1CN(c2ncc(B3OC(C)(C)C(C)(C)O3)cn2)CCN1C(=O)COC(C)(C)C. The van der Waals surface area contributed by atoms with E-state index >= 15 is 0 Å². The molecule has 0 bridgehead atoms. The number of carbonyl (C=O) groups excluding carboxylic acids is 1. The second-order valence-corrected chi connectivity index (χ2v) is 10.2. The topological polar surface area (TPSA) is 77.0 Å². The van der Waals surface area contributed by atoms with Crippen LogP contribution in [0.25, 0.3) is 0 Å². The normalized spacial score (nSPS) is 23.7.